The number of amides is 3. The summed E-state index contributed by atoms with van der Waals surface area (Å²) >= 11 is 0. The second kappa shape index (κ2) is 15.8. The lowest BCUT2D eigenvalue weighted by Gasteiger charge is -2.25. The number of aliphatic imine (C=N–C) groups is 1. The third-order valence-corrected chi connectivity index (χ3v) is 5.51. The molecule has 0 spiro atoms. The molecule has 11 N–H and O–H groups in total. The molecule has 14 nitrogen and oxygen atoms in total. The van der Waals surface area contributed by atoms with Crippen molar-refractivity contribution in [1.29, 1.82) is 0 Å². The van der Waals surface area contributed by atoms with Crippen molar-refractivity contribution >= 4 is 35.6 Å². The van der Waals surface area contributed by atoms with Crippen molar-refractivity contribution in [3.8, 4) is 0 Å². The summed E-state index contributed by atoms with van der Waals surface area (Å²) in [5.41, 5.74) is 17.0. The first-order valence-electron chi connectivity index (χ1n) is 12.0. The zero-order valence-electron chi connectivity index (χ0n) is 21.4. The second-order valence-electron chi connectivity index (χ2n) is 9.03. The van der Waals surface area contributed by atoms with Crippen molar-refractivity contribution < 1.29 is 34.2 Å². The smallest absolute Gasteiger partial charge is 0.326 e. The van der Waals surface area contributed by atoms with Crippen molar-refractivity contribution in [2.75, 3.05) is 6.54 Å². The van der Waals surface area contributed by atoms with E-state index in [9.17, 15) is 34.2 Å². The van der Waals surface area contributed by atoms with Gasteiger partial charge in [-0.25, -0.2) is 4.79 Å². The summed E-state index contributed by atoms with van der Waals surface area (Å²) < 4.78 is 0. The summed E-state index contributed by atoms with van der Waals surface area (Å²) in [5, 5.41) is 26.0. The maximum absolute atomic E-state index is 13.1. The van der Waals surface area contributed by atoms with E-state index in [0.717, 1.165) is 0 Å². The molecule has 0 saturated heterocycles. The minimum atomic E-state index is -1.52. The van der Waals surface area contributed by atoms with Crippen molar-refractivity contribution in [3.05, 3.63) is 35.9 Å². The molecule has 0 radical (unpaired) electrons. The van der Waals surface area contributed by atoms with Crippen LogP contribution in [0.25, 0.3) is 0 Å². The molecule has 210 valence electrons. The van der Waals surface area contributed by atoms with Gasteiger partial charge in [0.15, 0.2) is 5.96 Å². The van der Waals surface area contributed by atoms with E-state index >= 15 is 0 Å². The highest BCUT2D eigenvalue weighted by Crippen LogP contribution is 2.07. The molecule has 0 saturated carbocycles. The predicted molar refractivity (Wildman–Crippen MR) is 139 cm³/mol. The van der Waals surface area contributed by atoms with Crippen LogP contribution < -0.4 is 33.2 Å². The molecule has 0 bridgehead atoms. The number of hydrogen-bond donors (Lipinski definition) is 8. The van der Waals surface area contributed by atoms with Crippen LogP contribution in [0.5, 0.6) is 0 Å². The Labute approximate surface area is 220 Å². The highest BCUT2D eigenvalue weighted by Gasteiger charge is 2.32. The van der Waals surface area contributed by atoms with Gasteiger partial charge in [0, 0.05) is 13.0 Å². The Morgan fingerprint density at radius 2 is 1.42 bits per heavy atom. The number of nitrogens with zero attached hydrogens (tertiary/aromatic N) is 1. The molecular formula is C24H37N7O7. The standard InChI is InChI=1S/C24H37N7O7/c1-13(2)19(25)22(36)31-17(12-18(32)33)21(35)30-16(11-14-7-4-3-5-8-14)20(34)29-15(23(37)38)9-6-10-28-24(26)27/h3-5,7-8,13,15-17,19H,6,9-12,25H2,1-2H3,(H,29,34)(H,30,35)(H,31,36)(H,32,33)(H,37,38)(H4,26,27,28). The number of aliphatic carboxylic acids is 2. The van der Waals surface area contributed by atoms with E-state index in [4.69, 9.17) is 17.2 Å². The summed E-state index contributed by atoms with van der Waals surface area (Å²) in [7, 11) is 0. The largest absolute Gasteiger partial charge is 0.481 e. The fraction of sp³-hybridized carbons (Fsp3) is 0.500. The van der Waals surface area contributed by atoms with Gasteiger partial charge in [-0.1, -0.05) is 44.2 Å². The molecule has 0 fully saturated rings. The summed E-state index contributed by atoms with van der Waals surface area (Å²) in [6.07, 6.45) is -0.523. The number of carboxylic acids is 2. The van der Waals surface area contributed by atoms with Crippen molar-refractivity contribution in [1.82, 2.24) is 16.0 Å². The Kier molecular flexibility index (Phi) is 13.2. The fourth-order valence-corrected chi connectivity index (χ4v) is 3.32. The van der Waals surface area contributed by atoms with Gasteiger partial charge in [0.2, 0.25) is 17.7 Å². The first kappa shape index (κ1) is 31.8. The van der Waals surface area contributed by atoms with Crippen LogP contribution >= 0.6 is 0 Å². The lowest BCUT2D eigenvalue weighted by Crippen LogP contribution is -2.58. The first-order valence-corrected chi connectivity index (χ1v) is 12.0. The van der Waals surface area contributed by atoms with E-state index in [1.807, 2.05) is 0 Å². The minimum Gasteiger partial charge on any atom is -0.481 e. The number of nitrogens with two attached hydrogens (primary N) is 3. The third-order valence-electron chi connectivity index (χ3n) is 5.51. The lowest BCUT2D eigenvalue weighted by atomic mass is 10.0. The Morgan fingerprint density at radius 3 is 1.95 bits per heavy atom. The molecular weight excluding hydrogens is 498 g/mol. The van der Waals surface area contributed by atoms with E-state index in [-0.39, 0.29) is 37.7 Å². The molecule has 4 unspecified atom stereocenters. The SMILES string of the molecule is CC(C)C(N)C(=O)NC(CC(=O)O)C(=O)NC(Cc1ccccc1)C(=O)NC(CCCN=C(N)N)C(=O)O. The lowest BCUT2D eigenvalue weighted by molar-refractivity contribution is -0.143. The van der Waals surface area contributed by atoms with Crippen LogP contribution in [0.4, 0.5) is 0 Å². The Hall–Kier alpha value is -4.20. The van der Waals surface area contributed by atoms with Crippen LogP contribution in [-0.4, -0.2) is 76.5 Å². The number of guanidine groups is 1. The molecule has 14 heteroatoms. The Balaban J connectivity index is 3.11. The molecule has 1 rings (SSSR count). The van der Waals surface area contributed by atoms with Gasteiger partial charge in [0.25, 0.3) is 0 Å². The van der Waals surface area contributed by atoms with E-state index in [1.54, 1.807) is 44.2 Å². The first-order chi connectivity index (χ1) is 17.8. The zero-order chi connectivity index (χ0) is 28.8. The Morgan fingerprint density at radius 1 is 0.868 bits per heavy atom. The average molecular weight is 536 g/mol. The normalized spacial score (nSPS) is 13.9. The quantitative estimate of drug-likeness (QED) is 0.0675. The van der Waals surface area contributed by atoms with E-state index in [0.29, 0.717) is 5.56 Å². The van der Waals surface area contributed by atoms with Gasteiger partial charge in [-0.2, -0.15) is 0 Å². The molecule has 0 aromatic heterocycles. The molecule has 0 heterocycles. The van der Waals surface area contributed by atoms with E-state index in [2.05, 4.69) is 20.9 Å². The van der Waals surface area contributed by atoms with Gasteiger partial charge in [-0.3, -0.25) is 24.2 Å². The van der Waals surface area contributed by atoms with Crippen LogP contribution in [0.2, 0.25) is 0 Å². The van der Waals surface area contributed by atoms with Gasteiger partial charge < -0.3 is 43.4 Å². The maximum atomic E-state index is 13.1. The van der Waals surface area contributed by atoms with Crippen LogP contribution in [0.1, 0.15) is 38.7 Å². The molecule has 1 aromatic rings. The van der Waals surface area contributed by atoms with Crippen LogP contribution in [-0.2, 0) is 30.4 Å². The zero-order valence-corrected chi connectivity index (χ0v) is 21.4. The van der Waals surface area contributed by atoms with Crippen molar-refractivity contribution in [3.63, 3.8) is 0 Å². The molecule has 4 atom stereocenters. The number of carbonyl (C=O) groups excluding carboxylic acids is 3. The maximum Gasteiger partial charge on any atom is 0.326 e. The summed E-state index contributed by atoms with van der Waals surface area (Å²) in [4.78, 5) is 65.4. The summed E-state index contributed by atoms with van der Waals surface area (Å²) in [5.74, 6) is -5.56. The number of carboxylic acid groups (broad SMARTS) is 2. The number of carbonyl (C=O) groups is 5. The summed E-state index contributed by atoms with van der Waals surface area (Å²) in [6, 6.07) is 3.51. The van der Waals surface area contributed by atoms with Gasteiger partial charge >= 0.3 is 11.9 Å². The highest BCUT2D eigenvalue weighted by atomic mass is 16.4. The second-order valence-corrected chi connectivity index (χ2v) is 9.03. The number of nitrogens with one attached hydrogen (secondary N) is 3. The molecule has 1 aromatic carbocycles. The van der Waals surface area contributed by atoms with Crippen LogP contribution in [0.15, 0.2) is 35.3 Å². The highest BCUT2D eigenvalue weighted by molar-refractivity contribution is 5.95. The number of benzene rings is 1. The molecule has 3 amide bonds. The van der Waals surface area contributed by atoms with Gasteiger partial charge in [0.05, 0.1) is 12.5 Å². The van der Waals surface area contributed by atoms with Crippen LogP contribution in [0, 0.1) is 5.92 Å². The molecule has 0 aliphatic carbocycles. The monoisotopic (exact) mass is 535 g/mol. The van der Waals surface area contributed by atoms with Gasteiger partial charge in [0.1, 0.15) is 18.1 Å². The minimum absolute atomic E-state index is 0.00858. The average Bonchev–Trinajstić information content (AvgIpc) is 2.84. The molecule has 0 aliphatic heterocycles. The Bertz CT molecular complexity index is 997. The summed E-state index contributed by atoms with van der Waals surface area (Å²) in [6.45, 7) is 3.53. The van der Waals surface area contributed by atoms with Gasteiger partial charge in [-0.15, -0.1) is 0 Å². The molecule has 0 aliphatic rings. The van der Waals surface area contributed by atoms with E-state index in [1.165, 1.54) is 0 Å². The van der Waals surface area contributed by atoms with Crippen molar-refractivity contribution in [2.45, 2.75) is 63.7 Å². The molecule has 38 heavy (non-hydrogen) atoms. The number of rotatable bonds is 16. The predicted octanol–water partition coefficient (Wildman–Crippen LogP) is -1.72. The number of hydrogen-bond acceptors (Lipinski definition) is 7. The van der Waals surface area contributed by atoms with Crippen LogP contribution in [0.3, 0.4) is 0 Å². The van der Waals surface area contributed by atoms with Gasteiger partial charge in [-0.05, 0) is 24.3 Å². The fourth-order valence-electron chi connectivity index (χ4n) is 3.32. The topological polar surface area (TPSA) is 252 Å². The van der Waals surface area contributed by atoms with Crippen molar-refractivity contribution in [2.24, 2.45) is 28.1 Å². The third kappa shape index (κ3) is 11.7. The van der Waals surface area contributed by atoms with E-state index < -0.39 is 60.2 Å².